The molecule has 1 aromatic carbocycles. The number of benzene rings is 1. The number of carbonyl (C=O) groups is 1. The lowest BCUT2D eigenvalue weighted by Gasteiger charge is -2.39. The topological polar surface area (TPSA) is 83.8 Å². The molecule has 0 bridgehead atoms. The third-order valence-corrected chi connectivity index (χ3v) is 4.04. The van der Waals surface area contributed by atoms with Gasteiger partial charge in [-0.15, -0.1) is 0 Å². The summed E-state index contributed by atoms with van der Waals surface area (Å²) < 4.78 is 0. The van der Waals surface area contributed by atoms with Crippen LogP contribution in [-0.2, 0) is 4.79 Å². The number of aryl methyl sites for hydroxylation is 1. The zero-order valence-corrected chi connectivity index (χ0v) is 11.0. The lowest BCUT2D eigenvalue weighted by atomic mass is 9.68. The molecule has 4 N–H and O–H groups in total. The van der Waals surface area contributed by atoms with Crippen LogP contribution in [0, 0.1) is 12.3 Å². The van der Waals surface area contributed by atoms with E-state index in [2.05, 4.69) is 15.3 Å². The van der Waals surface area contributed by atoms with Crippen LogP contribution in [0.15, 0.2) is 18.2 Å². The molecule has 1 aliphatic rings. The largest absolute Gasteiger partial charge is 0.342 e. The van der Waals surface area contributed by atoms with Crippen molar-refractivity contribution in [1.29, 1.82) is 0 Å². The fourth-order valence-corrected chi connectivity index (χ4v) is 2.61. The van der Waals surface area contributed by atoms with Crippen molar-refractivity contribution < 1.29 is 4.79 Å². The quantitative estimate of drug-likeness (QED) is 0.786. The van der Waals surface area contributed by atoms with Crippen LogP contribution in [-0.4, -0.2) is 22.4 Å². The van der Waals surface area contributed by atoms with Gasteiger partial charge in [-0.1, -0.05) is 6.42 Å². The van der Waals surface area contributed by atoms with E-state index in [9.17, 15) is 4.79 Å². The third-order valence-electron chi connectivity index (χ3n) is 4.04. The fourth-order valence-electron chi connectivity index (χ4n) is 2.61. The fraction of sp³-hybridized carbons (Fsp3) is 0.429. The van der Waals surface area contributed by atoms with E-state index in [-0.39, 0.29) is 11.3 Å². The number of hydrogen-bond donors (Lipinski definition) is 3. The molecule has 5 heteroatoms. The SMILES string of the molecule is Cc1nc2ccc(NC(=O)C3(CN)CCC3)cc2[nH]1. The second kappa shape index (κ2) is 4.35. The number of aromatic nitrogens is 2. The molecule has 1 amide bonds. The van der Waals surface area contributed by atoms with Crippen molar-refractivity contribution in [2.24, 2.45) is 11.1 Å². The maximum absolute atomic E-state index is 12.3. The summed E-state index contributed by atoms with van der Waals surface area (Å²) in [4.78, 5) is 19.8. The molecule has 1 saturated carbocycles. The van der Waals surface area contributed by atoms with E-state index >= 15 is 0 Å². The van der Waals surface area contributed by atoms with Crippen molar-refractivity contribution in [3.8, 4) is 0 Å². The number of nitrogens with two attached hydrogens (primary N) is 1. The van der Waals surface area contributed by atoms with Gasteiger partial charge in [-0.05, 0) is 38.0 Å². The zero-order valence-electron chi connectivity index (χ0n) is 11.0. The number of H-pyrrole nitrogens is 1. The normalized spacial score (nSPS) is 17.2. The van der Waals surface area contributed by atoms with E-state index in [0.29, 0.717) is 6.54 Å². The van der Waals surface area contributed by atoms with Gasteiger partial charge in [0, 0.05) is 12.2 Å². The van der Waals surface area contributed by atoms with Crippen molar-refractivity contribution in [2.45, 2.75) is 26.2 Å². The Morgan fingerprint density at radius 2 is 2.32 bits per heavy atom. The molecule has 1 aliphatic carbocycles. The van der Waals surface area contributed by atoms with Crippen molar-refractivity contribution in [1.82, 2.24) is 9.97 Å². The van der Waals surface area contributed by atoms with Crippen LogP contribution in [0.5, 0.6) is 0 Å². The molecule has 0 spiro atoms. The summed E-state index contributed by atoms with van der Waals surface area (Å²) in [5.41, 5.74) is 8.03. The molecule has 1 heterocycles. The maximum atomic E-state index is 12.3. The molecule has 3 rings (SSSR count). The molecule has 19 heavy (non-hydrogen) atoms. The predicted molar refractivity (Wildman–Crippen MR) is 74.8 cm³/mol. The van der Waals surface area contributed by atoms with E-state index in [0.717, 1.165) is 41.8 Å². The van der Waals surface area contributed by atoms with Gasteiger partial charge in [0.2, 0.25) is 5.91 Å². The molecule has 0 saturated heterocycles. The van der Waals surface area contributed by atoms with E-state index < -0.39 is 0 Å². The number of carbonyl (C=O) groups excluding carboxylic acids is 1. The first-order chi connectivity index (χ1) is 9.13. The molecule has 0 unspecified atom stereocenters. The number of hydrogen-bond acceptors (Lipinski definition) is 3. The van der Waals surface area contributed by atoms with Crippen molar-refractivity contribution in [3.05, 3.63) is 24.0 Å². The second-order valence-corrected chi connectivity index (χ2v) is 5.35. The van der Waals surface area contributed by atoms with Gasteiger partial charge in [-0.25, -0.2) is 4.98 Å². The summed E-state index contributed by atoms with van der Waals surface area (Å²) in [6.45, 7) is 2.33. The number of aromatic amines is 1. The molecule has 2 aromatic rings. The van der Waals surface area contributed by atoms with Crippen LogP contribution in [0.4, 0.5) is 5.69 Å². The highest BCUT2D eigenvalue weighted by Gasteiger charge is 2.42. The minimum atomic E-state index is -0.348. The van der Waals surface area contributed by atoms with Crippen LogP contribution in [0.25, 0.3) is 11.0 Å². The average Bonchev–Trinajstić information content (AvgIpc) is 2.67. The van der Waals surface area contributed by atoms with E-state index in [1.54, 1.807) is 0 Å². The number of rotatable bonds is 3. The Kier molecular flexibility index (Phi) is 2.78. The Morgan fingerprint density at radius 3 is 2.95 bits per heavy atom. The van der Waals surface area contributed by atoms with Gasteiger partial charge in [0.25, 0.3) is 0 Å². The lowest BCUT2D eigenvalue weighted by Crippen LogP contribution is -2.47. The van der Waals surface area contributed by atoms with Gasteiger partial charge in [0.1, 0.15) is 5.82 Å². The average molecular weight is 258 g/mol. The molecule has 0 atom stereocenters. The number of anilines is 1. The predicted octanol–water partition coefficient (Wildman–Crippen LogP) is 1.94. The monoisotopic (exact) mass is 258 g/mol. The van der Waals surface area contributed by atoms with Gasteiger partial charge >= 0.3 is 0 Å². The van der Waals surface area contributed by atoms with E-state index in [1.165, 1.54) is 0 Å². The molecule has 1 fully saturated rings. The summed E-state index contributed by atoms with van der Waals surface area (Å²) in [7, 11) is 0. The van der Waals surface area contributed by atoms with Crippen molar-refractivity contribution in [3.63, 3.8) is 0 Å². The Labute approximate surface area is 111 Å². The number of nitrogens with one attached hydrogen (secondary N) is 2. The molecule has 0 aliphatic heterocycles. The van der Waals surface area contributed by atoms with Crippen LogP contribution >= 0.6 is 0 Å². The smallest absolute Gasteiger partial charge is 0.231 e. The van der Waals surface area contributed by atoms with Crippen molar-refractivity contribution in [2.75, 3.05) is 11.9 Å². The Balaban J connectivity index is 1.82. The van der Waals surface area contributed by atoms with Gasteiger partial charge in [-0.3, -0.25) is 4.79 Å². The summed E-state index contributed by atoms with van der Waals surface area (Å²) in [6.07, 6.45) is 2.87. The molecule has 5 nitrogen and oxygen atoms in total. The molecule has 100 valence electrons. The van der Waals surface area contributed by atoms with Crippen LogP contribution in [0.1, 0.15) is 25.1 Å². The Hall–Kier alpha value is -1.88. The number of amides is 1. The highest BCUT2D eigenvalue weighted by molar-refractivity contribution is 5.97. The summed E-state index contributed by atoms with van der Waals surface area (Å²) in [5, 5.41) is 2.97. The Morgan fingerprint density at radius 1 is 1.53 bits per heavy atom. The summed E-state index contributed by atoms with van der Waals surface area (Å²) >= 11 is 0. The van der Waals surface area contributed by atoms with Gasteiger partial charge in [-0.2, -0.15) is 0 Å². The van der Waals surface area contributed by atoms with E-state index in [1.807, 2.05) is 25.1 Å². The van der Waals surface area contributed by atoms with Gasteiger partial charge in [0.05, 0.1) is 16.4 Å². The number of imidazole rings is 1. The lowest BCUT2D eigenvalue weighted by molar-refractivity contribution is -0.129. The van der Waals surface area contributed by atoms with Gasteiger partial charge in [0.15, 0.2) is 0 Å². The van der Waals surface area contributed by atoms with Crippen LogP contribution in [0.3, 0.4) is 0 Å². The van der Waals surface area contributed by atoms with Crippen LogP contribution in [0.2, 0.25) is 0 Å². The number of fused-ring (bicyclic) bond motifs is 1. The van der Waals surface area contributed by atoms with Crippen LogP contribution < -0.4 is 11.1 Å². The molecular weight excluding hydrogens is 240 g/mol. The molecular formula is C14H18N4O. The highest BCUT2D eigenvalue weighted by Crippen LogP contribution is 2.40. The minimum absolute atomic E-state index is 0.0387. The molecule has 1 aromatic heterocycles. The summed E-state index contributed by atoms with van der Waals surface area (Å²) in [6, 6.07) is 5.70. The first kappa shape index (κ1) is 12.2. The minimum Gasteiger partial charge on any atom is -0.342 e. The number of nitrogens with zero attached hydrogens (tertiary/aromatic N) is 1. The second-order valence-electron chi connectivity index (χ2n) is 5.35. The first-order valence-corrected chi connectivity index (χ1v) is 6.61. The first-order valence-electron chi connectivity index (χ1n) is 6.61. The maximum Gasteiger partial charge on any atom is 0.231 e. The Bertz CT molecular complexity index is 622. The van der Waals surface area contributed by atoms with Crippen molar-refractivity contribution >= 4 is 22.6 Å². The summed E-state index contributed by atoms with van der Waals surface area (Å²) in [5.74, 6) is 0.910. The standard InChI is InChI=1S/C14H18N4O/c1-9-16-11-4-3-10(7-12(11)17-9)18-13(19)14(8-15)5-2-6-14/h3-4,7H,2,5-6,8,15H2,1H3,(H,16,17)(H,18,19). The zero-order chi connectivity index (χ0) is 13.5. The van der Waals surface area contributed by atoms with Gasteiger partial charge < -0.3 is 16.0 Å². The molecule has 0 radical (unpaired) electrons. The third kappa shape index (κ3) is 2.00. The highest BCUT2D eigenvalue weighted by atomic mass is 16.2. The van der Waals surface area contributed by atoms with E-state index in [4.69, 9.17) is 5.73 Å².